The number of nitrogens with zero attached hydrogens (tertiary/aromatic N) is 3. The summed E-state index contributed by atoms with van der Waals surface area (Å²) in [6.45, 7) is 2.77. The number of benzene rings is 1. The minimum Gasteiger partial charge on any atom is -0.274 e. The first-order valence-electron chi connectivity index (χ1n) is 7.21. The van der Waals surface area contributed by atoms with Gasteiger partial charge in [0.1, 0.15) is 0 Å². The molecule has 138 valence electrons. The van der Waals surface area contributed by atoms with Gasteiger partial charge in [-0.3, -0.25) is 4.57 Å². The summed E-state index contributed by atoms with van der Waals surface area (Å²) in [5.41, 5.74) is 0.312. The van der Waals surface area contributed by atoms with Crippen LogP contribution in [0.5, 0.6) is 0 Å². The summed E-state index contributed by atoms with van der Waals surface area (Å²) in [5.74, 6) is -1.34. The van der Waals surface area contributed by atoms with Gasteiger partial charge in [-0.2, -0.15) is 13.2 Å². The fourth-order valence-corrected chi connectivity index (χ4v) is 3.59. The quantitative estimate of drug-likeness (QED) is 0.847. The number of rotatable bonds is 5. The maximum absolute atomic E-state index is 12.7. The van der Waals surface area contributed by atoms with Crippen molar-refractivity contribution in [3.05, 3.63) is 45.6 Å². The van der Waals surface area contributed by atoms with Crippen LogP contribution in [0.3, 0.4) is 0 Å². The molecule has 0 radical (unpaired) electrons. The predicted molar refractivity (Wildman–Crippen MR) is 83.6 cm³/mol. The van der Waals surface area contributed by atoms with E-state index in [0.717, 1.165) is 12.6 Å². The number of aromatic nitrogens is 3. The Morgan fingerprint density at radius 3 is 2.44 bits per heavy atom. The van der Waals surface area contributed by atoms with Crippen LogP contribution in [0.4, 0.5) is 13.2 Å². The summed E-state index contributed by atoms with van der Waals surface area (Å²) in [6, 6.07) is 4.91. The van der Waals surface area contributed by atoms with E-state index < -0.39 is 27.7 Å². The number of hydrogen-bond donors (Lipinski definition) is 1. The molecule has 0 saturated heterocycles. The van der Waals surface area contributed by atoms with E-state index in [2.05, 4.69) is 9.82 Å². The zero-order valence-electron chi connectivity index (χ0n) is 13.8. The van der Waals surface area contributed by atoms with Crippen molar-refractivity contribution in [2.45, 2.75) is 31.5 Å². The third kappa shape index (κ3) is 4.10. The van der Waals surface area contributed by atoms with E-state index in [1.54, 1.807) is 26.0 Å². The molecule has 1 aromatic carbocycles. The van der Waals surface area contributed by atoms with E-state index in [9.17, 15) is 26.4 Å². The second kappa shape index (κ2) is 6.64. The molecule has 0 aliphatic heterocycles. The first-order chi connectivity index (χ1) is 11.4. The molecule has 2 aromatic rings. The molecular weight excluding hydrogens is 361 g/mol. The minimum atomic E-state index is -4.77. The van der Waals surface area contributed by atoms with Gasteiger partial charge in [0.15, 0.2) is 0 Å². The van der Waals surface area contributed by atoms with Gasteiger partial charge < -0.3 is 0 Å². The normalized spacial score (nSPS) is 12.6. The van der Waals surface area contributed by atoms with E-state index in [0.29, 0.717) is 14.8 Å². The lowest BCUT2D eigenvalue weighted by Crippen LogP contribution is -2.32. The summed E-state index contributed by atoms with van der Waals surface area (Å²) in [5, 5.41) is 3.21. The molecular formula is C14H17F3N4O3S. The molecule has 0 bridgehead atoms. The van der Waals surface area contributed by atoms with E-state index in [1.807, 2.05) is 0 Å². The van der Waals surface area contributed by atoms with Crippen molar-refractivity contribution in [2.24, 2.45) is 7.05 Å². The number of aryl methyl sites for hydroxylation is 2. The van der Waals surface area contributed by atoms with Gasteiger partial charge in [0.25, 0.3) is 0 Å². The first kappa shape index (κ1) is 19.2. The van der Waals surface area contributed by atoms with Crippen molar-refractivity contribution < 1.29 is 21.6 Å². The summed E-state index contributed by atoms with van der Waals surface area (Å²) in [4.78, 5) is 11.8. The second-order valence-corrected chi connectivity index (χ2v) is 7.29. The predicted octanol–water partition coefficient (Wildman–Crippen LogP) is 1.20. The van der Waals surface area contributed by atoms with Gasteiger partial charge in [-0.15, -0.1) is 5.10 Å². The second-order valence-electron chi connectivity index (χ2n) is 5.55. The van der Waals surface area contributed by atoms with Gasteiger partial charge >= 0.3 is 11.9 Å². The Bertz CT molecular complexity index is 945. The number of halogens is 3. The van der Waals surface area contributed by atoms with Gasteiger partial charge in [-0.1, -0.05) is 12.1 Å². The molecule has 0 aliphatic rings. The molecule has 1 aromatic heterocycles. The largest absolute Gasteiger partial charge is 0.451 e. The standard InChI is InChI=1S/C14H17F3N4O3S/c1-9-4-5-10(2)11(8-9)25(23,24)18-6-7-21-13(22)20(3)12(19-21)14(15,16)17/h4-5,8,18H,6-7H2,1-3H3. The van der Waals surface area contributed by atoms with Crippen LogP contribution in [-0.2, 0) is 29.8 Å². The molecule has 11 heteroatoms. The van der Waals surface area contributed by atoms with Crippen molar-refractivity contribution in [3.8, 4) is 0 Å². The average molecular weight is 378 g/mol. The van der Waals surface area contributed by atoms with E-state index in [1.165, 1.54) is 6.07 Å². The molecule has 1 heterocycles. The molecule has 0 fully saturated rings. The molecule has 0 atom stereocenters. The monoisotopic (exact) mass is 378 g/mol. The molecule has 7 nitrogen and oxygen atoms in total. The molecule has 2 rings (SSSR count). The third-order valence-corrected chi connectivity index (χ3v) is 5.15. The highest BCUT2D eigenvalue weighted by atomic mass is 32.2. The first-order valence-corrected chi connectivity index (χ1v) is 8.70. The van der Waals surface area contributed by atoms with E-state index >= 15 is 0 Å². The van der Waals surface area contributed by atoms with Crippen LogP contribution >= 0.6 is 0 Å². The van der Waals surface area contributed by atoms with Crippen LogP contribution in [0.25, 0.3) is 0 Å². The topological polar surface area (TPSA) is 86.0 Å². The van der Waals surface area contributed by atoms with Crippen molar-refractivity contribution in [1.29, 1.82) is 0 Å². The van der Waals surface area contributed by atoms with Crippen molar-refractivity contribution in [3.63, 3.8) is 0 Å². The Hall–Kier alpha value is -2.14. The summed E-state index contributed by atoms with van der Waals surface area (Å²) >= 11 is 0. The van der Waals surface area contributed by atoms with Crippen molar-refractivity contribution in [1.82, 2.24) is 19.1 Å². The smallest absolute Gasteiger partial charge is 0.274 e. The zero-order chi connectivity index (χ0) is 19.0. The molecule has 0 spiro atoms. The van der Waals surface area contributed by atoms with Gasteiger partial charge in [-0.05, 0) is 31.0 Å². The molecule has 1 N–H and O–H groups in total. The molecule has 0 unspecified atom stereocenters. The Balaban J connectivity index is 2.16. The summed E-state index contributed by atoms with van der Waals surface area (Å²) in [6.07, 6.45) is -4.77. The van der Waals surface area contributed by atoms with Crippen LogP contribution in [0.15, 0.2) is 27.9 Å². The Morgan fingerprint density at radius 1 is 1.24 bits per heavy atom. The minimum absolute atomic E-state index is 0.0804. The maximum Gasteiger partial charge on any atom is 0.451 e. The van der Waals surface area contributed by atoms with Gasteiger partial charge in [0.05, 0.1) is 11.4 Å². The molecule has 0 saturated carbocycles. The molecule has 0 amide bonds. The summed E-state index contributed by atoms with van der Waals surface area (Å²) < 4.78 is 66.0. The highest BCUT2D eigenvalue weighted by Gasteiger charge is 2.37. The Labute approximate surface area is 142 Å². The van der Waals surface area contributed by atoms with Crippen molar-refractivity contribution in [2.75, 3.05) is 6.54 Å². The van der Waals surface area contributed by atoms with Crippen molar-refractivity contribution >= 4 is 10.0 Å². The maximum atomic E-state index is 12.7. The number of hydrogen-bond acceptors (Lipinski definition) is 4. The number of sulfonamides is 1. The molecule has 0 aliphatic carbocycles. The Morgan fingerprint density at radius 2 is 1.88 bits per heavy atom. The third-order valence-electron chi connectivity index (χ3n) is 3.54. The van der Waals surface area contributed by atoms with Gasteiger partial charge in [0.2, 0.25) is 15.8 Å². The van der Waals surface area contributed by atoms with Crippen LogP contribution in [0, 0.1) is 13.8 Å². The fraction of sp³-hybridized carbons (Fsp3) is 0.429. The van der Waals surface area contributed by atoms with Gasteiger partial charge in [0, 0.05) is 13.6 Å². The van der Waals surface area contributed by atoms with Gasteiger partial charge in [-0.25, -0.2) is 22.6 Å². The lowest BCUT2D eigenvalue weighted by Gasteiger charge is -2.10. The average Bonchev–Trinajstić information content (AvgIpc) is 2.78. The zero-order valence-corrected chi connectivity index (χ0v) is 14.6. The number of alkyl halides is 3. The van der Waals surface area contributed by atoms with Crippen LogP contribution in [-0.4, -0.2) is 29.3 Å². The van der Waals surface area contributed by atoms with Crippen LogP contribution < -0.4 is 10.4 Å². The lowest BCUT2D eigenvalue weighted by molar-refractivity contribution is -0.147. The van der Waals surface area contributed by atoms with E-state index in [-0.39, 0.29) is 18.0 Å². The lowest BCUT2D eigenvalue weighted by atomic mass is 10.2. The Kier molecular flexibility index (Phi) is 5.09. The number of nitrogens with one attached hydrogen (secondary N) is 1. The van der Waals surface area contributed by atoms with Crippen LogP contribution in [0.2, 0.25) is 0 Å². The summed E-state index contributed by atoms with van der Waals surface area (Å²) in [7, 11) is -2.90. The van der Waals surface area contributed by atoms with Crippen LogP contribution in [0.1, 0.15) is 17.0 Å². The highest BCUT2D eigenvalue weighted by Crippen LogP contribution is 2.25. The van der Waals surface area contributed by atoms with E-state index in [4.69, 9.17) is 0 Å². The SMILES string of the molecule is Cc1ccc(C)c(S(=O)(=O)NCCn2nc(C(F)(F)F)n(C)c2=O)c1. The highest BCUT2D eigenvalue weighted by molar-refractivity contribution is 7.89. The fourth-order valence-electron chi connectivity index (χ4n) is 2.24. The molecule has 25 heavy (non-hydrogen) atoms.